The highest BCUT2D eigenvalue weighted by molar-refractivity contribution is 9.10. The Balaban J connectivity index is 2.70. The number of aromatic nitrogens is 1. The van der Waals surface area contributed by atoms with Crippen molar-refractivity contribution in [1.29, 1.82) is 0 Å². The van der Waals surface area contributed by atoms with Gasteiger partial charge in [0.25, 0.3) is 5.91 Å². The molecule has 0 atom stereocenters. The number of amides is 1. The Labute approximate surface area is 106 Å². The Morgan fingerprint density at radius 2 is 2.18 bits per heavy atom. The molecule has 0 aliphatic heterocycles. The molecule has 0 radical (unpaired) electrons. The highest BCUT2D eigenvalue weighted by Gasteiger charge is 2.10. The Kier molecular flexibility index (Phi) is 3.28. The number of hydrogen-bond donors (Lipinski definition) is 2. The zero-order chi connectivity index (χ0) is 12.4. The van der Waals surface area contributed by atoms with Crippen LogP contribution in [0, 0.1) is 0 Å². The molecule has 5 heteroatoms. The third-order valence-corrected chi connectivity index (χ3v) is 2.88. The lowest BCUT2D eigenvalue weighted by atomic mass is 10.1. The Morgan fingerprint density at radius 3 is 2.88 bits per heavy atom. The molecule has 0 spiro atoms. The average molecular weight is 295 g/mol. The second kappa shape index (κ2) is 4.71. The summed E-state index contributed by atoms with van der Waals surface area (Å²) in [6.07, 6.45) is 0. The van der Waals surface area contributed by atoms with E-state index in [2.05, 4.69) is 26.2 Å². The number of hydrogen-bond acceptors (Lipinski definition) is 2. The van der Waals surface area contributed by atoms with Crippen molar-refractivity contribution in [3.05, 3.63) is 44.7 Å². The van der Waals surface area contributed by atoms with E-state index in [1.165, 1.54) is 6.07 Å². The van der Waals surface area contributed by atoms with Crippen molar-refractivity contribution in [3.63, 3.8) is 0 Å². The molecule has 1 aromatic heterocycles. The smallest absolute Gasteiger partial charge is 0.252 e. The first-order valence-corrected chi connectivity index (χ1v) is 6.02. The van der Waals surface area contributed by atoms with Crippen molar-refractivity contribution in [2.24, 2.45) is 0 Å². The quantitative estimate of drug-likeness (QED) is 0.890. The fraction of sp³-hybridized carbons (Fsp3) is 0.167. The minimum Gasteiger partial charge on any atom is -0.352 e. The molecule has 0 aliphatic carbocycles. The topological polar surface area (TPSA) is 62.0 Å². The highest BCUT2D eigenvalue weighted by atomic mass is 79.9. The van der Waals surface area contributed by atoms with Crippen molar-refractivity contribution >= 4 is 32.7 Å². The van der Waals surface area contributed by atoms with E-state index in [0.717, 1.165) is 9.86 Å². The Morgan fingerprint density at radius 1 is 1.41 bits per heavy atom. The lowest BCUT2D eigenvalue weighted by Crippen LogP contribution is -2.24. The fourth-order valence-corrected chi connectivity index (χ4v) is 2.04. The first-order chi connectivity index (χ1) is 8.11. The van der Waals surface area contributed by atoms with E-state index in [4.69, 9.17) is 0 Å². The van der Waals surface area contributed by atoms with E-state index in [-0.39, 0.29) is 11.5 Å². The van der Waals surface area contributed by atoms with E-state index < -0.39 is 0 Å². The van der Waals surface area contributed by atoms with Crippen LogP contribution in [0.1, 0.15) is 17.3 Å². The van der Waals surface area contributed by atoms with Gasteiger partial charge in [0.2, 0.25) is 5.56 Å². The maximum Gasteiger partial charge on any atom is 0.252 e. The SMILES string of the molecule is CCNC(=O)c1cc(=O)[nH]c2cc(Br)ccc12. The molecule has 0 fully saturated rings. The van der Waals surface area contributed by atoms with Gasteiger partial charge in [-0.15, -0.1) is 0 Å². The number of benzene rings is 1. The van der Waals surface area contributed by atoms with Crippen molar-refractivity contribution in [2.45, 2.75) is 6.92 Å². The second-order valence-electron chi connectivity index (χ2n) is 3.60. The number of halogens is 1. The first kappa shape index (κ1) is 11.9. The van der Waals surface area contributed by atoms with Crippen molar-refractivity contribution in [3.8, 4) is 0 Å². The Hall–Kier alpha value is -1.62. The minimum absolute atomic E-state index is 0.231. The van der Waals surface area contributed by atoms with Gasteiger partial charge in [-0.05, 0) is 19.1 Å². The summed E-state index contributed by atoms with van der Waals surface area (Å²) in [6.45, 7) is 2.37. The summed E-state index contributed by atoms with van der Waals surface area (Å²) in [7, 11) is 0. The van der Waals surface area contributed by atoms with Gasteiger partial charge in [0, 0.05) is 22.5 Å². The van der Waals surface area contributed by atoms with Gasteiger partial charge in [-0.2, -0.15) is 0 Å². The molecule has 1 amide bonds. The van der Waals surface area contributed by atoms with Crippen LogP contribution in [-0.4, -0.2) is 17.4 Å². The molecule has 0 aliphatic rings. The second-order valence-corrected chi connectivity index (χ2v) is 4.51. The van der Waals surface area contributed by atoms with E-state index in [1.54, 1.807) is 12.1 Å². The standard InChI is InChI=1S/C12H11BrN2O2/c1-2-14-12(17)9-6-11(16)15-10-5-7(13)3-4-8(9)10/h3-6H,2H2,1H3,(H,14,17)(H,15,16). The third-order valence-electron chi connectivity index (χ3n) is 2.39. The van der Waals surface area contributed by atoms with Crippen molar-refractivity contribution in [1.82, 2.24) is 10.3 Å². The van der Waals surface area contributed by atoms with Gasteiger partial charge >= 0.3 is 0 Å². The largest absolute Gasteiger partial charge is 0.352 e. The summed E-state index contributed by atoms with van der Waals surface area (Å²) in [5, 5.41) is 3.43. The van der Waals surface area contributed by atoms with Crippen LogP contribution in [0.25, 0.3) is 10.9 Å². The van der Waals surface area contributed by atoms with Gasteiger partial charge < -0.3 is 10.3 Å². The van der Waals surface area contributed by atoms with Gasteiger partial charge in [-0.1, -0.05) is 22.0 Å². The van der Waals surface area contributed by atoms with Crippen LogP contribution < -0.4 is 10.9 Å². The maximum absolute atomic E-state index is 11.8. The molecule has 0 unspecified atom stereocenters. The zero-order valence-electron chi connectivity index (χ0n) is 9.21. The molecular formula is C12H11BrN2O2. The molecule has 1 heterocycles. The van der Waals surface area contributed by atoms with Crippen LogP contribution in [0.4, 0.5) is 0 Å². The van der Waals surface area contributed by atoms with Crippen LogP contribution >= 0.6 is 15.9 Å². The van der Waals surface area contributed by atoms with Gasteiger partial charge in [0.05, 0.1) is 11.1 Å². The van der Waals surface area contributed by atoms with Gasteiger partial charge in [0.1, 0.15) is 0 Å². The number of fused-ring (bicyclic) bond motifs is 1. The molecule has 17 heavy (non-hydrogen) atoms. The number of carbonyl (C=O) groups is 1. The van der Waals surface area contributed by atoms with Crippen molar-refractivity contribution < 1.29 is 4.79 Å². The predicted molar refractivity (Wildman–Crippen MR) is 70.3 cm³/mol. The number of pyridine rings is 1. The fourth-order valence-electron chi connectivity index (χ4n) is 1.68. The molecule has 88 valence electrons. The summed E-state index contributed by atoms with van der Waals surface area (Å²) in [4.78, 5) is 26.0. The van der Waals surface area contributed by atoms with Crippen LogP contribution in [0.15, 0.2) is 33.5 Å². The maximum atomic E-state index is 11.8. The third kappa shape index (κ3) is 2.39. The molecule has 0 saturated carbocycles. The van der Waals surface area contributed by atoms with E-state index in [9.17, 15) is 9.59 Å². The average Bonchev–Trinajstić information content (AvgIpc) is 2.27. The van der Waals surface area contributed by atoms with E-state index >= 15 is 0 Å². The summed E-state index contributed by atoms with van der Waals surface area (Å²) in [5.74, 6) is -0.231. The number of aromatic amines is 1. The van der Waals surface area contributed by atoms with Crippen LogP contribution in [-0.2, 0) is 0 Å². The monoisotopic (exact) mass is 294 g/mol. The normalized spacial score (nSPS) is 10.5. The van der Waals surface area contributed by atoms with Crippen molar-refractivity contribution in [2.75, 3.05) is 6.54 Å². The van der Waals surface area contributed by atoms with Gasteiger partial charge in [-0.25, -0.2) is 0 Å². The summed E-state index contributed by atoms with van der Waals surface area (Å²) in [5.41, 5.74) is 0.767. The lowest BCUT2D eigenvalue weighted by molar-refractivity contribution is 0.0957. The van der Waals surface area contributed by atoms with Crippen LogP contribution in [0.5, 0.6) is 0 Å². The number of nitrogens with one attached hydrogen (secondary N) is 2. The molecule has 2 N–H and O–H groups in total. The summed E-state index contributed by atoms with van der Waals surface area (Å²) >= 11 is 3.33. The number of carbonyl (C=O) groups excluding carboxylic acids is 1. The molecule has 1 aromatic carbocycles. The molecule has 2 aromatic rings. The first-order valence-electron chi connectivity index (χ1n) is 5.22. The van der Waals surface area contributed by atoms with Gasteiger partial charge in [0.15, 0.2) is 0 Å². The van der Waals surface area contributed by atoms with Crippen LogP contribution in [0.2, 0.25) is 0 Å². The zero-order valence-corrected chi connectivity index (χ0v) is 10.8. The minimum atomic E-state index is -0.281. The molecule has 0 saturated heterocycles. The molecular weight excluding hydrogens is 284 g/mol. The van der Waals surface area contributed by atoms with Crippen LogP contribution in [0.3, 0.4) is 0 Å². The van der Waals surface area contributed by atoms with E-state index in [0.29, 0.717) is 17.6 Å². The summed E-state index contributed by atoms with van der Waals surface area (Å²) < 4.78 is 0.855. The number of rotatable bonds is 2. The molecule has 2 rings (SSSR count). The lowest BCUT2D eigenvalue weighted by Gasteiger charge is -2.06. The predicted octanol–water partition coefficient (Wildman–Crippen LogP) is 2.04. The van der Waals surface area contributed by atoms with E-state index in [1.807, 2.05) is 13.0 Å². The number of H-pyrrole nitrogens is 1. The summed E-state index contributed by atoms with van der Waals surface area (Å²) in [6, 6.07) is 6.74. The van der Waals surface area contributed by atoms with Gasteiger partial charge in [-0.3, -0.25) is 9.59 Å². The Bertz CT molecular complexity index is 634. The molecule has 0 bridgehead atoms. The highest BCUT2D eigenvalue weighted by Crippen LogP contribution is 2.19. The molecule has 4 nitrogen and oxygen atoms in total.